The van der Waals surface area contributed by atoms with Crippen LogP contribution in [0.4, 0.5) is 0 Å². The predicted molar refractivity (Wildman–Crippen MR) is 87.8 cm³/mol. The number of allylic oxidation sites excluding steroid dienone is 2. The van der Waals surface area contributed by atoms with E-state index in [1.165, 1.54) is 16.7 Å². The second-order valence-electron chi connectivity index (χ2n) is 6.80. The lowest BCUT2D eigenvalue weighted by molar-refractivity contribution is -0.151. The van der Waals surface area contributed by atoms with Gasteiger partial charge in [0, 0.05) is 13.1 Å². The molecule has 0 fully saturated rings. The van der Waals surface area contributed by atoms with Gasteiger partial charge < -0.3 is 10.0 Å². The number of aliphatic carboxylic acids is 1. The molecule has 0 saturated carbocycles. The molecule has 1 heterocycles. The topological polar surface area (TPSA) is 57.6 Å². The highest BCUT2D eigenvalue weighted by Crippen LogP contribution is 2.36. The van der Waals surface area contributed by atoms with Crippen LogP contribution in [0.1, 0.15) is 37.8 Å². The van der Waals surface area contributed by atoms with Crippen molar-refractivity contribution in [2.45, 2.75) is 39.7 Å². The van der Waals surface area contributed by atoms with Crippen molar-refractivity contribution in [3.8, 4) is 0 Å². The fourth-order valence-corrected chi connectivity index (χ4v) is 3.73. The Labute approximate surface area is 136 Å². The molecule has 0 saturated heterocycles. The van der Waals surface area contributed by atoms with E-state index in [0.29, 0.717) is 25.9 Å². The zero-order valence-electron chi connectivity index (χ0n) is 13.7. The summed E-state index contributed by atoms with van der Waals surface area (Å²) in [4.78, 5) is 26.4. The van der Waals surface area contributed by atoms with Crippen LogP contribution in [0.15, 0.2) is 35.4 Å². The van der Waals surface area contributed by atoms with E-state index < -0.39 is 17.8 Å². The van der Waals surface area contributed by atoms with Crippen molar-refractivity contribution in [2.75, 3.05) is 6.54 Å². The van der Waals surface area contributed by atoms with E-state index in [-0.39, 0.29) is 5.91 Å². The molecule has 0 spiro atoms. The van der Waals surface area contributed by atoms with Crippen molar-refractivity contribution in [1.82, 2.24) is 4.90 Å². The number of carboxylic acids is 1. The largest absolute Gasteiger partial charge is 0.481 e. The minimum atomic E-state index is -0.854. The maximum Gasteiger partial charge on any atom is 0.307 e. The molecule has 0 bridgehead atoms. The summed E-state index contributed by atoms with van der Waals surface area (Å²) in [7, 11) is 0. The van der Waals surface area contributed by atoms with Crippen LogP contribution in [-0.4, -0.2) is 28.4 Å². The van der Waals surface area contributed by atoms with Gasteiger partial charge in [0.05, 0.1) is 11.8 Å². The summed E-state index contributed by atoms with van der Waals surface area (Å²) in [5.41, 5.74) is 4.75. The molecule has 3 rings (SSSR count). The maximum atomic E-state index is 13.0. The Morgan fingerprint density at radius 3 is 2.30 bits per heavy atom. The third-order valence-corrected chi connectivity index (χ3v) is 5.34. The molecule has 2 atom stereocenters. The van der Waals surface area contributed by atoms with Gasteiger partial charge in [-0.1, -0.05) is 35.4 Å². The van der Waals surface area contributed by atoms with Crippen molar-refractivity contribution in [3.63, 3.8) is 0 Å². The van der Waals surface area contributed by atoms with Gasteiger partial charge in [-0.3, -0.25) is 9.59 Å². The van der Waals surface area contributed by atoms with Crippen molar-refractivity contribution in [1.29, 1.82) is 0 Å². The number of carboxylic acid groups (broad SMARTS) is 1. The minimum Gasteiger partial charge on any atom is -0.481 e. The highest BCUT2D eigenvalue weighted by molar-refractivity contribution is 5.86. The normalized spacial score (nSPS) is 24.3. The van der Waals surface area contributed by atoms with Crippen LogP contribution in [-0.2, 0) is 22.6 Å². The third kappa shape index (κ3) is 3.03. The van der Waals surface area contributed by atoms with Crippen LogP contribution in [0.25, 0.3) is 0 Å². The summed E-state index contributed by atoms with van der Waals surface area (Å²) in [6.07, 6.45) is 1.90. The smallest absolute Gasteiger partial charge is 0.307 e. The highest BCUT2D eigenvalue weighted by atomic mass is 16.4. The van der Waals surface area contributed by atoms with Crippen molar-refractivity contribution < 1.29 is 14.7 Å². The molecule has 1 N–H and O–H groups in total. The summed E-state index contributed by atoms with van der Waals surface area (Å²) in [5.74, 6) is -1.88. The highest BCUT2D eigenvalue weighted by Gasteiger charge is 2.39. The van der Waals surface area contributed by atoms with Crippen LogP contribution in [0.3, 0.4) is 0 Å². The Balaban J connectivity index is 1.81. The van der Waals surface area contributed by atoms with E-state index in [1.807, 2.05) is 30.9 Å². The third-order valence-electron chi connectivity index (χ3n) is 5.34. The van der Waals surface area contributed by atoms with Gasteiger partial charge in [0.2, 0.25) is 5.91 Å². The second-order valence-corrected chi connectivity index (χ2v) is 6.80. The van der Waals surface area contributed by atoms with Gasteiger partial charge in [-0.15, -0.1) is 0 Å². The maximum absolute atomic E-state index is 13.0. The molecule has 1 aromatic carbocycles. The lowest BCUT2D eigenvalue weighted by atomic mass is 9.75. The SMILES string of the molecule is CC1=C(C)C[C@@H](C(=O)N2CCc3ccccc3C2)[C@H](C(=O)O)C1. The molecule has 0 unspecified atom stereocenters. The second kappa shape index (κ2) is 6.19. The van der Waals surface area contributed by atoms with Gasteiger partial charge in [0.15, 0.2) is 0 Å². The number of nitrogens with zero attached hydrogens (tertiary/aromatic N) is 1. The monoisotopic (exact) mass is 313 g/mol. The van der Waals surface area contributed by atoms with Crippen LogP contribution in [0.5, 0.6) is 0 Å². The van der Waals surface area contributed by atoms with E-state index >= 15 is 0 Å². The molecule has 122 valence electrons. The minimum absolute atomic E-state index is 0.00115. The summed E-state index contributed by atoms with van der Waals surface area (Å²) in [6, 6.07) is 8.17. The quantitative estimate of drug-likeness (QED) is 0.854. The molecule has 1 aliphatic heterocycles. The number of benzene rings is 1. The Kier molecular flexibility index (Phi) is 4.24. The van der Waals surface area contributed by atoms with E-state index in [4.69, 9.17) is 0 Å². The van der Waals surface area contributed by atoms with Crippen LogP contribution >= 0.6 is 0 Å². The Hall–Kier alpha value is -2.10. The Morgan fingerprint density at radius 2 is 1.65 bits per heavy atom. The Bertz CT molecular complexity index is 677. The Morgan fingerprint density at radius 1 is 1.04 bits per heavy atom. The molecule has 1 aromatic rings. The first kappa shape index (κ1) is 15.8. The number of amides is 1. The van der Waals surface area contributed by atoms with Crippen molar-refractivity contribution in [2.24, 2.45) is 11.8 Å². The molecule has 2 aliphatic rings. The number of carbonyl (C=O) groups excluding carboxylic acids is 1. The number of hydrogen-bond donors (Lipinski definition) is 1. The molecule has 0 aromatic heterocycles. The standard InChI is InChI=1S/C19H23NO3/c1-12-9-16(17(19(22)23)10-13(12)2)18(21)20-8-7-14-5-3-4-6-15(14)11-20/h3-6,16-17H,7-11H2,1-2H3,(H,22,23)/t16-,17-/m1/s1. The summed E-state index contributed by atoms with van der Waals surface area (Å²) in [5, 5.41) is 9.52. The molecule has 0 radical (unpaired) electrons. The zero-order chi connectivity index (χ0) is 16.6. The van der Waals surface area contributed by atoms with E-state index in [9.17, 15) is 14.7 Å². The zero-order valence-corrected chi connectivity index (χ0v) is 13.7. The molecule has 1 amide bonds. The van der Waals surface area contributed by atoms with Gasteiger partial charge in [0.1, 0.15) is 0 Å². The van der Waals surface area contributed by atoms with E-state index in [2.05, 4.69) is 12.1 Å². The predicted octanol–water partition coefficient (Wildman–Crippen LogP) is 3.02. The lowest BCUT2D eigenvalue weighted by Gasteiger charge is -2.36. The number of carbonyl (C=O) groups is 2. The van der Waals surface area contributed by atoms with Gasteiger partial charge in [-0.2, -0.15) is 0 Å². The summed E-state index contributed by atoms with van der Waals surface area (Å²) >= 11 is 0. The first-order chi connectivity index (χ1) is 11.0. The van der Waals surface area contributed by atoms with Crippen molar-refractivity contribution in [3.05, 3.63) is 46.5 Å². The fourth-order valence-electron chi connectivity index (χ4n) is 3.73. The van der Waals surface area contributed by atoms with E-state index in [1.54, 1.807) is 0 Å². The van der Waals surface area contributed by atoms with E-state index in [0.717, 1.165) is 12.0 Å². The van der Waals surface area contributed by atoms with Crippen LogP contribution in [0, 0.1) is 11.8 Å². The molecular formula is C19H23NO3. The molecule has 4 heteroatoms. The van der Waals surface area contributed by atoms with Gasteiger partial charge in [-0.25, -0.2) is 0 Å². The first-order valence-corrected chi connectivity index (χ1v) is 8.21. The van der Waals surface area contributed by atoms with Gasteiger partial charge >= 0.3 is 5.97 Å². The average molecular weight is 313 g/mol. The molecule has 23 heavy (non-hydrogen) atoms. The number of fused-ring (bicyclic) bond motifs is 1. The summed E-state index contributed by atoms with van der Waals surface area (Å²) < 4.78 is 0. The van der Waals surface area contributed by atoms with Crippen molar-refractivity contribution >= 4 is 11.9 Å². The van der Waals surface area contributed by atoms with Crippen LogP contribution in [0.2, 0.25) is 0 Å². The van der Waals surface area contributed by atoms with Gasteiger partial charge in [0.25, 0.3) is 0 Å². The lowest BCUT2D eigenvalue weighted by Crippen LogP contribution is -2.44. The van der Waals surface area contributed by atoms with Crippen LogP contribution < -0.4 is 0 Å². The summed E-state index contributed by atoms with van der Waals surface area (Å²) in [6.45, 7) is 5.27. The fraction of sp³-hybridized carbons (Fsp3) is 0.474. The average Bonchev–Trinajstić information content (AvgIpc) is 2.55. The number of rotatable bonds is 2. The molecular weight excluding hydrogens is 290 g/mol. The molecule has 1 aliphatic carbocycles. The van der Waals surface area contributed by atoms with Gasteiger partial charge in [-0.05, 0) is 44.2 Å². The first-order valence-electron chi connectivity index (χ1n) is 8.21. The molecule has 4 nitrogen and oxygen atoms in total. The number of hydrogen-bond acceptors (Lipinski definition) is 2.